The van der Waals surface area contributed by atoms with Crippen molar-refractivity contribution < 1.29 is 9.47 Å². The molecule has 2 unspecified atom stereocenters. The monoisotopic (exact) mass is 236 g/mol. The summed E-state index contributed by atoms with van der Waals surface area (Å²) in [7, 11) is 1.76. The molecule has 72 valence electrons. The van der Waals surface area contributed by atoms with Gasteiger partial charge >= 0.3 is 0 Å². The summed E-state index contributed by atoms with van der Waals surface area (Å²) >= 11 is 3.57. The molecule has 0 radical (unpaired) electrons. The number of methoxy groups -OCH3 is 1. The molecule has 0 bridgehead atoms. The van der Waals surface area contributed by atoms with E-state index in [2.05, 4.69) is 22.9 Å². The van der Waals surface area contributed by atoms with Crippen molar-refractivity contribution in [1.29, 1.82) is 0 Å². The van der Waals surface area contributed by atoms with Crippen LogP contribution in [0.4, 0.5) is 0 Å². The fourth-order valence-corrected chi connectivity index (χ4v) is 2.67. The summed E-state index contributed by atoms with van der Waals surface area (Å²) in [5, 5.41) is 1.02. The highest BCUT2D eigenvalue weighted by Gasteiger charge is 2.38. The Labute approximate surface area is 82.7 Å². The van der Waals surface area contributed by atoms with E-state index in [4.69, 9.17) is 9.47 Å². The Balaban J connectivity index is 2.52. The van der Waals surface area contributed by atoms with Crippen LogP contribution in [0, 0.1) is 11.3 Å². The molecule has 1 rings (SSSR count). The predicted octanol–water partition coefficient (Wildman–Crippen LogP) is 2.07. The molecule has 2 atom stereocenters. The van der Waals surface area contributed by atoms with Crippen LogP contribution in [0.15, 0.2) is 0 Å². The number of halogens is 1. The Morgan fingerprint density at radius 2 is 2.42 bits per heavy atom. The number of rotatable bonds is 4. The highest BCUT2D eigenvalue weighted by Crippen LogP contribution is 2.38. The zero-order valence-electron chi connectivity index (χ0n) is 7.81. The highest BCUT2D eigenvalue weighted by atomic mass is 79.9. The van der Waals surface area contributed by atoms with Crippen LogP contribution in [0.1, 0.15) is 13.3 Å². The molecule has 0 aromatic heterocycles. The summed E-state index contributed by atoms with van der Waals surface area (Å²) in [6, 6.07) is 0. The van der Waals surface area contributed by atoms with Gasteiger partial charge in [-0.15, -0.1) is 0 Å². The molecule has 0 aromatic carbocycles. The molecule has 1 fully saturated rings. The first-order valence-corrected chi connectivity index (χ1v) is 5.50. The van der Waals surface area contributed by atoms with Crippen LogP contribution in [0.3, 0.4) is 0 Å². The summed E-state index contributed by atoms with van der Waals surface area (Å²) in [5.41, 5.74) is 0.315. The van der Waals surface area contributed by atoms with Gasteiger partial charge in [0.25, 0.3) is 0 Å². The Bertz CT molecular complexity index is 132. The van der Waals surface area contributed by atoms with E-state index < -0.39 is 0 Å². The minimum Gasteiger partial charge on any atom is -0.384 e. The second kappa shape index (κ2) is 4.58. The zero-order chi connectivity index (χ0) is 9.03. The number of hydrogen-bond acceptors (Lipinski definition) is 2. The molecule has 1 aliphatic heterocycles. The minimum absolute atomic E-state index is 0.315. The van der Waals surface area contributed by atoms with Gasteiger partial charge in [0, 0.05) is 31.1 Å². The van der Waals surface area contributed by atoms with Crippen molar-refractivity contribution in [3.63, 3.8) is 0 Å². The number of alkyl halides is 1. The molecular formula is C9H17BrO2. The predicted molar refractivity (Wildman–Crippen MR) is 52.7 cm³/mol. The van der Waals surface area contributed by atoms with Gasteiger partial charge in [-0.2, -0.15) is 0 Å². The van der Waals surface area contributed by atoms with Crippen molar-refractivity contribution in [2.75, 3.05) is 32.3 Å². The molecule has 1 heterocycles. The third-order valence-electron chi connectivity index (χ3n) is 2.86. The molecule has 0 amide bonds. The lowest BCUT2D eigenvalue weighted by Gasteiger charge is -2.31. The van der Waals surface area contributed by atoms with Crippen LogP contribution in [0.5, 0.6) is 0 Å². The minimum atomic E-state index is 0.315. The second-order valence-electron chi connectivity index (χ2n) is 3.65. The summed E-state index contributed by atoms with van der Waals surface area (Å²) in [5.74, 6) is 0.573. The topological polar surface area (TPSA) is 18.5 Å². The maximum Gasteiger partial charge on any atom is 0.0534 e. The van der Waals surface area contributed by atoms with E-state index in [0.29, 0.717) is 11.3 Å². The van der Waals surface area contributed by atoms with Gasteiger partial charge in [0.2, 0.25) is 0 Å². The molecule has 1 aliphatic rings. The molecule has 0 spiro atoms. The first-order valence-electron chi connectivity index (χ1n) is 4.38. The zero-order valence-corrected chi connectivity index (χ0v) is 9.39. The van der Waals surface area contributed by atoms with Gasteiger partial charge in [0.1, 0.15) is 0 Å². The highest BCUT2D eigenvalue weighted by molar-refractivity contribution is 9.09. The van der Waals surface area contributed by atoms with E-state index in [-0.39, 0.29) is 0 Å². The largest absolute Gasteiger partial charge is 0.384 e. The van der Waals surface area contributed by atoms with E-state index in [1.54, 1.807) is 7.11 Å². The van der Waals surface area contributed by atoms with Crippen LogP contribution < -0.4 is 0 Å². The quantitative estimate of drug-likeness (QED) is 0.697. The maximum atomic E-state index is 5.43. The van der Waals surface area contributed by atoms with Gasteiger partial charge in [-0.25, -0.2) is 0 Å². The molecule has 12 heavy (non-hydrogen) atoms. The van der Waals surface area contributed by atoms with Crippen LogP contribution in [-0.4, -0.2) is 32.3 Å². The van der Waals surface area contributed by atoms with Crippen LogP contribution in [0.2, 0.25) is 0 Å². The smallest absolute Gasteiger partial charge is 0.0534 e. The molecule has 0 N–H and O–H groups in total. The Morgan fingerprint density at radius 3 is 2.83 bits per heavy atom. The molecule has 0 aliphatic carbocycles. The first-order chi connectivity index (χ1) is 5.75. The van der Waals surface area contributed by atoms with Crippen molar-refractivity contribution >= 4 is 15.9 Å². The number of ether oxygens (including phenoxy) is 2. The van der Waals surface area contributed by atoms with Gasteiger partial charge in [0.15, 0.2) is 0 Å². The maximum absolute atomic E-state index is 5.43. The van der Waals surface area contributed by atoms with E-state index in [1.807, 2.05) is 0 Å². The van der Waals surface area contributed by atoms with Crippen LogP contribution >= 0.6 is 15.9 Å². The first kappa shape index (κ1) is 10.5. The van der Waals surface area contributed by atoms with E-state index in [9.17, 15) is 0 Å². The van der Waals surface area contributed by atoms with Gasteiger partial charge in [0.05, 0.1) is 6.61 Å². The van der Waals surface area contributed by atoms with E-state index >= 15 is 0 Å². The van der Waals surface area contributed by atoms with Crippen molar-refractivity contribution in [3.8, 4) is 0 Å². The van der Waals surface area contributed by atoms with Crippen molar-refractivity contribution in [2.24, 2.45) is 11.3 Å². The average molecular weight is 237 g/mol. The lowest BCUT2D eigenvalue weighted by molar-refractivity contribution is 0.0700. The normalized spacial score (nSPS) is 32.2. The van der Waals surface area contributed by atoms with Crippen molar-refractivity contribution in [2.45, 2.75) is 13.3 Å². The van der Waals surface area contributed by atoms with E-state index in [0.717, 1.165) is 31.6 Å². The molecule has 0 saturated carbocycles. The molecule has 1 saturated heterocycles. The van der Waals surface area contributed by atoms with Gasteiger partial charge < -0.3 is 9.47 Å². The summed E-state index contributed by atoms with van der Waals surface area (Å²) in [6.07, 6.45) is 1.16. The number of hydrogen-bond donors (Lipinski definition) is 0. The van der Waals surface area contributed by atoms with Gasteiger partial charge in [-0.05, 0) is 12.3 Å². The third-order valence-corrected chi connectivity index (χ3v) is 3.98. The van der Waals surface area contributed by atoms with Crippen LogP contribution in [0.25, 0.3) is 0 Å². The Hall–Kier alpha value is 0.400. The molecule has 2 nitrogen and oxygen atoms in total. The summed E-state index contributed by atoms with van der Waals surface area (Å²) in [4.78, 5) is 0. The Kier molecular flexibility index (Phi) is 4.00. The van der Waals surface area contributed by atoms with Crippen molar-refractivity contribution in [3.05, 3.63) is 0 Å². The van der Waals surface area contributed by atoms with Gasteiger partial charge in [-0.3, -0.25) is 0 Å². The summed E-state index contributed by atoms with van der Waals surface area (Å²) < 4.78 is 10.6. The average Bonchev–Trinajstić information content (AvgIpc) is 2.54. The molecule has 3 heteroatoms. The second-order valence-corrected chi connectivity index (χ2v) is 4.22. The standard InChI is InChI=1S/C9H17BrO2/c1-8(5-11-2)9(6-10)3-4-12-7-9/h8H,3-7H2,1-2H3. The SMILES string of the molecule is COCC(C)C1(CBr)CCOC1. The molecule has 0 aromatic rings. The van der Waals surface area contributed by atoms with E-state index in [1.165, 1.54) is 0 Å². The van der Waals surface area contributed by atoms with Crippen molar-refractivity contribution in [1.82, 2.24) is 0 Å². The fourth-order valence-electron chi connectivity index (χ4n) is 1.68. The summed E-state index contributed by atoms with van der Waals surface area (Å²) in [6.45, 7) is 4.84. The fraction of sp³-hybridized carbons (Fsp3) is 1.00. The van der Waals surface area contributed by atoms with Crippen LogP contribution in [-0.2, 0) is 9.47 Å². The van der Waals surface area contributed by atoms with Gasteiger partial charge in [-0.1, -0.05) is 22.9 Å². The Morgan fingerprint density at radius 1 is 1.67 bits per heavy atom. The third kappa shape index (κ3) is 2.01. The lowest BCUT2D eigenvalue weighted by atomic mass is 9.78. The lowest BCUT2D eigenvalue weighted by Crippen LogP contribution is -2.33. The molecular weight excluding hydrogens is 220 g/mol.